The molecule has 1 aromatic heterocycles. The lowest BCUT2D eigenvalue weighted by molar-refractivity contribution is 0.0597. The van der Waals surface area contributed by atoms with Crippen LogP contribution in [0.3, 0.4) is 0 Å². The Bertz CT molecular complexity index is 735. The molecule has 110 valence electrons. The number of carbonyl (C=O) groups excluding carboxylic acids is 2. The fourth-order valence-electron chi connectivity index (χ4n) is 2.24. The molecular weight excluding hydrogens is 313 g/mol. The van der Waals surface area contributed by atoms with Crippen molar-refractivity contribution in [3.63, 3.8) is 0 Å². The number of esters is 1. The van der Waals surface area contributed by atoms with Crippen molar-refractivity contribution in [3.8, 4) is 0 Å². The van der Waals surface area contributed by atoms with Crippen LogP contribution in [0.4, 0.5) is 0 Å². The molecule has 1 heterocycles. The Labute approximate surface area is 132 Å². The molecule has 0 amide bonds. The van der Waals surface area contributed by atoms with Gasteiger partial charge in [-0.05, 0) is 26.0 Å². The zero-order chi connectivity index (χ0) is 15.7. The number of hydrogen-bond acceptors (Lipinski definition) is 3. The minimum absolute atomic E-state index is 0.165. The highest BCUT2D eigenvalue weighted by molar-refractivity contribution is 6.44. The number of halogens is 2. The Morgan fingerprint density at radius 2 is 1.71 bits per heavy atom. The van der Waals surface area contributed by atoms with Crippen molar-refractivity contribution in [2.45, 2.75) is 13.8 Å². The van der Waals surface area contributed by atoms with E-state index in [1.165, 1.54) is 7.11 Å². The predicted molar refractivity (Wildman–Crippen MR) is 81.5 cm³/mol. The van der Waals surface area contributed by atoms with Crippen LogP contribution in [0.5, 0.6) is 0 Å². The Balaban J connectivity index is 2.64. The molecule has 0 saturated carbocycles. The van der Waals surface area contributed by atoms with Gasteiger partial charge in [0.2, 0.25) is 0 Å². The number of aryl methyl sites for hydroxylation is 2. The number of rotatable bonds is 3. The van der Waals surface area contributed by atoms with Crippen molar-refractivity contribution >= 4 is 35.0 Å². The molecule has 2 rings (SSSR count). The first-order chi connectivity index (χ1) is 9.88. The van der Waals surface area contributed by atoms with E-state index in [9.17, 15) is 9.59 Å². The van der Waals surface area contributed by atoms with E-state index in [2.05, 4.69) is 4.98 Å². The maximum Gasteiger partial charge on any atom is 0.340 e. The van der Waals surface area contributed by atoms with Crippen LogP contribution in [0.15, 0.2) is 18.2 Å². The smallest absolute Gasteiger partial charge is 0.340 e. The number of ether oxygens (including phenoxy) is 1. The molecule has 0 radical (unpaired) electrons. The minimum Gasteiger partial charge on any atom is -0.465 e. The van der Waals surface area contributed by atoms with Crippen LogP contribution >= 0.6 is 23.2 Å². The number of benzene rings is 1. The molecule has 4 nitrogen and oxygen atoms in total. The minimum atomic E-state index is -0.571. The van der Waals surface area contributed by atoms with Gasteiger partial charge >= 0.3 is 5.97 Å². The quantitative estimate of drug-likeness (QED) is 0.686. The molecule has 0 fully saturated rings. The summed E-state index contributed by atoms with van der Waals surface area (Å²) in [5.41, 5.74) is 1.87. The summed E-state index contributed by atoms with van der Waals surface area (Å²) in [4.78, 5) is 27.6. The summed E-state index contributed by atoms with van der Waals surface area (Å²) < 4.78 is 4.74. The highest BCUT2D eigenvalue weighted by atomic mass is 35.5. The number of hydrogen-bond donors (Lipinski definition) is 1. The maximum atomic E-state index is 12.7. The van der Waals surface area contributed by atoms with Crippen molar-refractivity contribution in [1.82, 2.24) is 4.98 Å². The van der Waals surface area contributed by atoms with Crippen LogP contribution in [0.25, 0.3) is 0 Å². The molecule has 21 heavy (non-hydrogen) atoms. The van der Waals surface area contributed by atoms with Crippen LogP contribution in [0, 0.1) is 13.8 Å². The number of H-pyrrole nitrogens is 1. The summed E-state index contributed by atoms with van der Waals surface area (Å²) in [6.45, 7) is 3.42. The molecule has 1 N–H and O–H groups in total. The summed E-state index contributed by atoms with van der Waals surface area (Å²) in [7, 11) is 1.27. The van der Waals surface area contributed by atoms with Crippen LogP contribution in [-0.2, 0) is 4.74 Å². The van der Waals surface area contributed by atoms with Gasteiger partial charge in [0.25, 0.3) is 0 Å². The van der Waals surface area contributed by atoms with Crippen molar-refractivity contribution in [3.05, 3.63) is 56.3 Å². The first-order valence-corrected chi connectivity index (χ1v) is 6.90. The van der Waals surface area contributed by atoms with E-state index >= 15 is 0 Å². The van der Waals surface area contributed by atoms with Crippen molar-refractivity contribution in [1.29, 1.82) is 0 Å². The number of carbonyl (C=O) groups is 2. The highest BCUT2D eigenvalue weighted by Crippen LogP contribution is 2.30. The maximum absolute atomic E-state index is 12.7. The Morgan fingerprint density at radius 1 is 1.10 bits per heavy atom. The second-order valence-corrected chi connectivity index (χ2v) is 5.33. The average molecular weight is 326 g/mol. The van der Waals surface area contributed by atoms with Crippen molar-refractivity contribution < 1.29 is 14.3 Å². The van der Waals surface area contributed by atoms with Gasteiger partial charge < -0.3 is 9.72 Å². The monoisotopic (exact) mass is 325 g/mol. The van der Waals surface area contributed by atoms with Gasteiger partial charge in [0.1, 0.15) is 0 Å². The van der Waals surface area contributed by atoms with Gasteiger partial charge in [-0.3, -0.25) is 4.79 Å². The van der Waals surface area contributed by atoms with E-state index in [-0.39, 0.29) is 32.5 Å². The van der Waals surface area contributed by atoms with Gasteiger partial charge in [0.15, 0.2) is 5.78 Å². The molecule has 0 aliphatic carbocycles. The van der Waals surface area contributed by atoms with E-state index in [0.717, 1.165) is 0 Å². The third-order valence-electron chi connectivity index (χ3n) is 3.19. The first kappa shape index (κ1) is 15.6. The van der Waals surface area contributed by atoms with E-state index in [0.29, 0.717) is 11.4 Å². The lowest BCUT2D eigenvalue weighted by Crippen LogP contribution is -2.11. The molecular formula is C15H13Cl2NO3. The molecule has 0 atom stereocenters. The third-order valence-corrected chi connectivity index (χ3v) is 4.01. The average Bonchev–Trinajstić information content (AvgIpc) is 2.75. The lowest BCUT2D eigenvalue weighted by atomic mass is 9.99. The molecule has 0 unspecified atom stereocenters. The predicted octanol–water partition coefficient (Wildman–Crippen LogP) is 3.96. The number of aromatic amines is 1. The molecule has 1 aromatic carbocycles. The SMILES string of the molecule is COC(=O)c1c(C)[nH]c(C)c1C(=O)c1cccc(Cl)c1Cl. The summed E-state index contributed by atoms with van der Waals surface area (Å²) in [5.74, 6) is -0.942. The Hall–Kier alpha value is -1.78. The van der Waals surface area contributed by atoms with Crippen LogP contribution in [0.1, 0.15) is 37.7 Å². The molecule has 0 bridgehead atoms. The van der Waals surface area contributed by atoms with Gasteiger partial charge in [0.05, 0.1) is 28.3 Å². The van der Waals surface area contributed by atoms with E-state index < -0.39 is 5.97 Å². The normalized spacial score (nSPS) is 10.5. The zero-order valence-corrected chi connectivity index (χ0v) is 13.2. The number of methoxy groups -OCH3 is 1. The molecule has 0 aliphatic rings. The number of aromatic nitrogens is 1. The van der Waals surface area contributed by atoms with Gasteiger partial charge in [-0.1, -0.05) is 29.3 Å². The van der Waals surface area contributed by atoms with Crippen molar-refractivity contribution in [2.75, 3.05) is 7.11 Å². The summed E-state index contributed by atoms with van der Waals surface area (Å²) in [6.07, 6.45) is 0. The molecule has 2 aromatic rings. The van der Waals surface area contributed by atoms with Gasteiger partial charge in [-0.2, -0.15) is 0 Å². The second-order valence-electron chi connectivity index (χ2n) is 4.55. The molecule has 0 saturated heterocycles. The summed E-state index contributed by atoms with van der Waals surface area (Å²) in [5, 5.41) is 0.449. The van der Waals surface area contributed by atoms with Gasteiger partial charge in [-0.25, -0.2) is 4.79 Å². The highest BCUT2D eigenvalue weighted by Gasteiger charge is 2.27. The number of nitrogens with one attached hydrogen (secondary N) is 1. The topological polar surface area (TPSA) is 59.2 Å². The molecule has 6 heteroatoms. The molecule has 0 aliphatic heterocycles. The Morgan fingerprint density at radius 3 is 2.33 bits per heavy atom. The lowest BCUT2D eigenvalue weighted by Gasteiger charge is -2.07. The van der Waals surface area contributed by atoms with E-state index in [1.807, 2.05) is 0 Å². The molecule has 0 spiro atoms. The fraction of sp³-hybridized carbons (Fsp3) is 0.200. The largest absolute Gasteiger partial charge is 0.465 e. The fourth-order valence-corrected chi connectivity index (χ4v) is 2.62. The van der Waals surface area contributed by atoms with Gasteiger partial charge in [-0.15, -0.1) is 0 Å². The van der Waals surface area contributed by atoms with Crippen molar-refractivity contribution in [2.24, 2.45) is 0 Å². The first-order valence-electron chi connectivity index (χ1n) is 6.14. The van der Waals surface area contributed by atoms with Crippen LogP contribution in [0.2, 0.25) is 10.0 Å². The second kappa shape index (κ2) is 5.92. The van der Waals surface area contributed by atoms with Crippen LogP contribution < -0.4 is 0 Å². The summed E-state index contributed by atoms with van der Waals surface area (Å²) >= 11 is 12.0. The zero-order valence-electron chi connectivity index (χ0n) is 11.7. The summed E-state index contributed by atoms with van der Waals surface area (Å²) in [6, 6.07) is 4.80. The Kier molecular flexibility index (Phi) is 4.40. The van der Waals surface area contributed by atoms with E-state index in [4.69, 9.17) is 27.9 Å². The van der Waals surface area contributed by atoms with Gasteiger partial charge in [0, 0.05) is 17.0 Å². The van der Waals surface area contributed by atoms with E-state index in [1.54, 1.807) is 32.0 Å². The van der Waals surface area contributed by atoms with Crippen LogP contribution in [-0.4, -0.2) is 23.8 Å². The standard InChI is InChI=1S/C15H13Cl2NO3/c1-7-11(12(8(2)18-7)15(20)21-3)14(19)9-5-4-6-10(16)13(9)17/h4-6,18H,1-3H3. The number of ketones is 1. The third kappa shape index (κ3) is 2.69.